The molecule has 1 aliphatic heterocycles. The van der Waals surface area contributed by atoms with Crippen LogP contribution in [0.4, 0.5) is 0 Å². The topological polar surface area (TPSA) is 53.6 Å². The van der Waals surface area contributed by atoms with Gasteiger partial charge in [-0.2, -0.15) is 0 Å². The third kappa shape index (κ3) is 7.95. The van der Waals surface area contributed by atoms with E-state index in [2.05, 4.69) is 22.5 Å². The maximum Gasteiger partial charge on any atom is 0.224 e. The van der Waals surface area contributed by atoms with Gasteiger partial charge in [0.2, 0.25) is 5.91 Å². The van der Waals surface area contributed by atoms with E-state index in [1.807, 2.05) is 14.0 Å². The molecule has 1 amide bonds. The minimum Gasteiger partial charge on any atom is -0.379 e. The molecule has 0 radical (unpaired) electrons. The summed E-state index contributed by atoms with van der Waals surface area (Å²) in [5.74, 6) is 0.149. The lowest BCUT2D eigenvalue weighted by Gasteiger charge is -2.32. The van der Waals surface area contributed by atoms with Crippen LogP contribution in [-0.4, -0.2) is 63.3 Å². The van der Waals surface area contributed by atoms with Crippen molar-refractivity contribution >= 4 is 30.7 Å². The van der Waals surface area contributed by atoms with Gasteiger partial charge in [0.05, 0.1) is 13.2 Å². The zero-order valence-corrected chi connectivity index (χ0v) is 13.6. The molecule has 0 spiro atoms. The number of carbonyl (C=O) groups is 1. The summed E-state index contributed by atoms with van der Waals surface area (Å²) in [6, 6.07) is 0.379. The molecule has 2 N–H and O–H groups in total. The first-order chi connectivity index (χ1) is 8.15. The first kappa shape index (κ1) is 21.2. The molecule has 116 valence electrons. The first-order valence-electron chi connectivity index (χ1n) is 6.39. The fourth-order valence-electron chi connectivity index (χ4n) is 1.97. The van der Waals surface area contributed by atoms with Crippen LogP contribution in [0.15, 0.2) is 0 Å². The number of nitrogens with one attached hydrogen (secondary N) is 2. The summed E-state index contributed by atoms with van der Waals surface area (Å²) in [5, 5.41) is 6.01. The smallest absolute Gasteiger partial charge is 0.224 e. The lowest BCUT2D eigenvalue weighted by atomic mass is 10.1. The number of ether oxygens (including phenoxy) is 1. The molecule has 2 unspecified atom stereocenters. The summed E-state index contributed by atoms with van der Waals surface area (Å²) in [7, 11) is 1.86. The monoisotopic (exact) mass is 315 g/mol. The third-order valence-corrected chi connectivity index (χ3v) is 3.20. The second kappa shape index (κ2) is 11.7. The molecular formula is C12H27Cl2N3O2. The lowest BCUT2D eigenvalue weighted by Crippen LogP contribution is -2.48. The van der Waals surface area contributed by atoms with Gasteiger partial charge in [-0.1, -0.05) is 6.92 Å². The van der Waals surface area contributed by atoms with Gasteiger partial charge in [0.25, 0.3) is 0 Å². The minimum atomic E-state index is 0. The van der Waals surface area contributed by atoms with Gasteiger partial charge in [-0.3, -0.25) is 9.69 Å². The predicted molar refractivity (Wildman–Crippen MR) is 82.5 cm³/mol. The average Bonchev–Trinajstić information content (AvgIpc) is 2.36. The molecule has 1 rings (SSSR count). The standard InChI is InChI=1S/C12H25N3O2.2ClH/c1-10(8-13-3)12(16)14-9-11(2)15-4-6-17-7-5-15;;/h10-11,13H,4-9H2,1-3H3,(H,14,16);2*1H. The Kier molecular flexibility index (Phi) is 13.1. The Morgan fingerprint density at radius 3 is 2.32 bits per heavy atom. The maximum atomic E-state index is 11.7. The molecule has 0 aromatic carbocycles. The quantitative estimate of drug-likeness (QED) is 0.750. The van der Waals surface area contributed by atoms with Crippen LogP contribution in [0.5, 0.6) is 0 Å². The molecule has 1 heterocycles. The van der Waals surface area contributed by atoms with Crippen LogP contribution < -0.4 is 10.6 Å². The van der Waals surface area contributed by atoms with Crippen molar-refractivity contribution in [3.8, 4) is 0 Å². The predicted octanol–water partition coefficient (Wildman–Crippen LogP) is 0.522. The van der Waals surface area contributed by atoms with E-state index in [-0.39, 0.29) is 36.6 Å². The van der Waals surface area contributed by atoms with E-state index in [0.29, 0.717) is 12.6 Å². The van der Waals surface area contributed by atoms with Crippen molar-refractivity contribution in [1.29, 1.82) is 0 Å². The summed E-state index contributed by atoms with van der Waals surface area (Å²) < 4.78 is 5.31. The number of hydrogen-bond donors (Lipinski definition) is 2. The zero-order chi connectivity index (χ0) is 12.7. The van der Waals surface area contributed by atoms with E-state index >= 15 is 0 Å². The van der Waals surface area contributed by atoms with Crippen LogP contribution in [0.1, 0.15) is 13.8 Å². The van der Waals surface area contributed by atoms with Crippen molar-refractivity contribution < 1.29 is 9.53 Å². The van der Waals surface area contributed by atoms with E-state index < -0.39 is 0 Å². The molecule has 0 aliphatic carbocycles. The fourth-order valence-corrected chi connectivity index (χ4v) is 1.97. The normalized spacial score (nSPS) is 18.7. The molecule has 0 saturated carbocycles. The van der Waals surface area contributed by atoms with Gasteiger partial charge in [0.1, 0.15) is 0 Å². The molecule has 2 atom stereocenters. The average molecular weight is 316 g/mol. The summed E-state index contributed by atoms with van der Waals surface area (Å²) in [6.07, 6.45) is 0. The maximum absolute atomic E-state index is 11.7. The van der Waals surface area contributed by atoms with E-state index in [1.54, 1.807) is 0 Å². The van der Waals surface area contributed by atoms with Gasteiger partial charge in [0.15, 0.2) is 0 Å². The highest BCUT2D eigenvalue weighted by atomic mass is 35.5. The molecule has 0 aromatic rings. The number of amides is 1. The van der Waals surface area contributed by atoms with Crippen molar-refractivity contribution in [3.05, 3.63) is 0 Å². The zero-order valence-electron chi connectivity index (χ0n) is 12.0. The molecule has 1 fully saturated rings. The van der Waals surface area contributed by atoms with Crippen molar-refractivity contribution in [3.63, 3.8) is 0 Å². The van der Waals surface area contributed by atoms with Gasteiger partial charge in [0, 0.05) is 38.1 Å². The van der Waals surface area contributed by atoms with Crippen molar-refractivity contribution in [1.82, 2.24) is 15.5 Å². The number of carbonyl (C=O) groups excluding carboxylic acids is 1. The van der Waals surface area contributed by atoms with E-state index in [0.717, 1.165) is 32.8 Å². The van der Waals surface area contributed by atoms with E-state index in [9.17, 15) is 4.79 Å². The third-order valence-electron chi connectivity index (χ3n) is 3.20. The Bertz CT molecular complexity index is 239. The highest BCUT2D eigenvalue weighted by molar-refractivity contribution is 5.85. The van der Waals surface area contributed by atoms with Crippen LogP contribution in [0.2, 0.25) is 0 Å². The van der Waals surface area contributed by atoms with E-state index in [4.69, 9.17) is 4.74 Å². The van der Waals surface area contributed by atoms with Crippen molar-refractivity contribution in [2.75, 3.05) is 46.4 Å². The Hall–Kier alpha value is -0.0700. The van der Waals surface area contributed by atoms with Crippen LogP contribution in [0.3, 0.4) is 0 Å². The van der Waals surface area contributed by atoms with Gasteiger partial charge in [-0.05, 0) is 14.0 Å². The van der Waals surface area contributed by atoms with Crippen molar-refractivity contribution in [2.24, 2.45) is 5.92 Å². The summed E-state index contributed by atoms with van der Waals surface area (Å²) in [5.41, 5.74) is 0. The Balaban J connectivity index is 0. The number of morpholine rings is 1. The Morgan fingerprint density at radius 2 is 1.79 bits per heavy atom. The molecule has 5 nitrogen and oxygen atoms in total. The SMILES string of the molecule is CNCC(C)C(=O)NCC(C)N1CCOCC1.Cl.Cl. The molecule has 19 heavy (non-hydrogen) atoms. The Morgan fingerprint density at radius 1 is 1.21 bits per heavy atom. The van der Waals surface area contributed by atoms with Gasteiger partial charge < -0.3 is 15.4 Å². The van der Waals surface area contributed by atoms with Crippen LogP contribution >= 0.6 is 24.8 Å². The van der Waals surface area contributed by atoms with Gasteiger partial charge in [-0.15, -0.1) is 24.8 Å². The van der Waals surface area contributed by atoms with E-state index in [1.165, 1.54) is 0 Å². The number of halogens is 2. The molecule has 7 heteroatoms. The highest BCUT2D eigenvalue weighted by Crippen LogP contribution is 2.03. The lowest BCUT2D eigenvalue weighted by molar-refractivity contribution is -0.124. The summed E-state index contributed by atoms with van der Waals surface area (Å²) >= 11 is 0. The molecular weight excluding hydrogens is 289 g/mol. The van der Waals surface area contributed by atoms with Crippen LogP contribution in [-0.2, 0) is 9.53 Å². The van der Waals surface area contributed by atoms with Gasteiger partial charge >= 0.3 is 0 Å². The number of rotatable bonds is 6. The van der Waals surface area contributed by atoms with Crippen LogP contribution in [0, 0.1) is 5.92 Å². The second-order valence-electron chi connectivity index (χ2n) is 4.70. The van der Waals surface area contributed by atoms with Gasteiger partial charge in [-0.25, -0.2) is 0 Å². The van der Waals surface area contributed by atoms with Crippen molar-refractivity contribution in [2.45, 2.75) is 19.9 Å². The first-order valence-corrected chi connectivity index (χ1v) is 6.39. The minimum absolute atomic E-state index is 0. The number of hydrogen-bond acceptors (Lipinski definition) is 4. The fraction of sp³-hybridized carbons (Fsp3) is 0.917. The molecule has 0 bridgehead atoms. The largest absolute Gasteiger partial charge is 0.379 e. The summed E-state index contributed by atoms with van der Waals surface area (Å²) in [4.78, 5) is 14.1. The number of nitrogens with zero attached hydrogens (tertiary/aromatic N) is 1. The Labute approximate surface area is 128 Å². The van der Waals surface area contributed by atoms with Crippen LogP contribution in [0.25, 0.3) is 0 Å². The molecule has 1 aliphatic rings. The summed E-state index contributed by atoms with van der Waals surface area (Å²) in [6.45, 7) is 9.04. The molecule has 0 aromatic heterocycles. The highest BCUT2D eigenvalue weighted by Gasteiger charge is 2.18. The second-order valence-corrected chi connectivity index (χ2v) is 4.70. The molecule has 1 saturated heterocycles.